The summed E-state index contributed by atoms with van der Waals surface area (Å²) in [4.78, 5) is 12.0. The number of aliphatic hydroxyl groups excluding tert-OH is 1. The molecule has 1 rings (SSSR count). The molecule has 0 aromatic carbocycles. The molecular formula is C12H22O2. The fourth-order valence-corrected chi connectivity index (χ4v) is 2.97. The highest BCUT2D eigenvalue weighted by molar-refractivity contribution is 5.87. The van der Waals surface area contributed by atoms with E-state index in [9.17, 15) is 4.79 Å². The van der Waals surface area contributed by atoms with Gasteiger partial charge in [-0.15, -0.1) is 0 Å². The monoisotopic (exact) mass is 198 g/mol. The Balaban J connectivity index is 2.82. The molecule has 2 heteroatoms. The van der Waals surface area contributed by atoms with Crippen molar-refractivity contribution in [2.24, 2.45) is 10.8 Å². The third-order valence-electron chi connectivity index (χ3n) is 3.37. The van der Waals surface area contributed by atoms with Crippen molar-refractivity contribution in [2.45, 2.75) is 52.9 Å². The summed E-state index contributed by atoms with van der Waals surface area (Å²) in [5.74, 6) is 0.374. The zero-order valence-corrected chi connectivity index (χ0v) is 9.60. The minimum absolute atomic E-state index is 0.140. The van der Waals surface area contributed by atoms with Gasteiger partial charge < -0.3 is 5.11 Å². The van der Waals surface area contributed by atoms with Crippen molar-refractivity contribution in [3.63, 3.8) is 0 Å². The summed E-state index contributed by atoms with van der Waals surface area (Å²) in [6.07, 6.45) is 4.26. The molecule has 0 radical (unpaired) electrons. The van der Waals surface area contributed by atoms with E-state index >= 15 is 0 Å². The van der Waals surface area contributed by atoms with Crippen molar-refractivity contribution < 1.29 is 9.90 Å². The number of hydrogen-bond acceptors (Lipinski definition) is 2. The molecule has 0 saturated heterocycles. The molecule has 0 spiro atoms. The molecule has 0 aromatic rings. The van der Waals surface area contributed by atoms with Crippen LogP contribution in [0.3, 0.4) is 0 Å². The van der Waals surface area contributed by atoms with Gasteiger partial charge in [0.15, 0.2) is 0 Å². The Hall–Kier alpha value is -0.370. The van der Waals surface area contributed by atoms with Gasteiger partial charge in [0.2, 0.25) is 0 Å². The molecule has 1 aliphatic rings. The molecule has 0 amide bonds. The van der Waals surface area contributed by atoms with Crippen LogP contribution in [0.2, 0.25) is 0 Å². The number of ketones is 1. The van der Waals surface area contributed by atoms with Crippen LogP contribution in [0, 0.1) is 10.8 Å². The fraction of sp³-hybridized carbons (Fsp3) is 0.917. The maximum Gasteiger partial charge on any atom is 0.139 e. The predicted molar refractivity (Wildman–Crippen MR) is 57.1 cm³/mol. The SMILES string of the molecule is CCCC1(CCO)CC(C)(C)CC1=O. The van der Waals surface area contributed by atoms with Gasteiger partial charge in [-0.25, -0.2) is 0 Å². The summed E-state index contributed by atoms with van der Waals surface area (Å²) in [6, 6.07) is 0. The first kappa shape index (κ1) is 11.7. The number of Topliss-reactive ketones (excluding diaryl/α,β-unsaturated/α-hetero) is 1. The van der Waals surface area contributed by atoms with Gasteiger partial charge in [-0.3, -0.25) is 4.79 Å². The lowest BCUT2D eigenvalue weighted by Crippen LogP contribution is -2.27. The van der Waals surface area contributed by atoms with E-state index in [-0.39, 0.29) is 17.4 Å². The van der Waals surface area contributed by atoms with E-state index in [0.717, 1.165) is 19.3 Å². The molecule has 0 heterocycles. The number of carbonyl (C=O) groups is 1. The van der Waals surface area contributed by atoms with Crippen LogP contribution < -0.4 is 0 Å². The quantitative estimate of drug-likeness (QED) is 0.753. The second kappa shape index (κ2) is 4.01. The molecule has 1 saturated carbocycles. The van der Waals surface area contributed by atoms with Gasteiger partial charge in [0.05, 0.1) is 0 Å². The van der Waals surface area contributed by atoms with Gasteiger partial charge in [0.1, 0.15) is 5.78 Å². The Bertz CT molecular complexity index is 212. The Kier molecular flexibility index (Phi) is 3.36. The molecule has 0 aliphatic heterocycles. The molecule has 1 fully saturated rings. The van der Waals surface area contributed by atoms with E-state index in [2.05, 4.69) is 20.8 Å². The molecule has 1 unspecified atom stereocenters. The zero-order valence-electron chi connectivity index (χ0n) is 9.60. The van der Waals surface area contributed by atoms with Crippen LogP contribution in [0.15, 0.2) is 0 Å². The second-order valence-corrected chi connectivity index (χ2v) is 5.44. The standard InChI is InChI=1S/C12H22O2/c1-4-5-12(6-7-13)9-11(2,3)8-10(12)14/h13H,4-9H2,1-3H3. The lowest BCUT2D eigenvalue weighted by molar-refractivity contribution is -0.127. The molecule has 2 nitrogen and oxygen atoms in total. The fourth-order valence-electron chi connectivity index (χ4n) is 2.97. The van der Waals surface area contributed by atoms with E-state index < -0.39 is 0 Å². The average molecular weight is 198 g/mol. The third-order valence-corrected chi connectivity index (χ3v) is 3.37. The molecular weight excluding hydrogens is 176 g/mol. The smallest absolute Gasteiger partial charge is 0.139 e. The van der Waals surface area contributed by atoms with Crippen molar-refractivity contribution >= 4 is 5.78 Å². The first-order valence-corrected chi connectivity index (χ1v) is 5.60. The minimum Gasteiger partial charge on any atom is -0.396 e. The Morgan fingerprint density at radius 2 is 2.00 bits per heavy atom. The maximum atomic E-state index is 12.0. The van der Waals surface area contributed by atoms with Crippen LogP contribution in [0.5, 0.6) is 0 Å². The Morgan fingerprint density at radius 1 is 1.36 bits per heavy atom. The normalized spacial score (nSPS) is 31.0. The van der Waals surface area contributed by atoms with Crippen molar-refractivity contribution in [3.05, 3.63) is 0 Å². The second-order valence-electron chi connectivity index (χ2n) is 5.44. The summed E-state index contributed by atoms with van der Waals surface area (Å²) in [6.45, 7) is 6.55. The molecule has 82 valence electrons. The Morgan fingerprint density at radius 3 is 2.36 bits per heavy atom. The highest BCUT2D eigenvalue weighted by Crippen LogP contribution is 2.50. The van der Waals surface area contributed by atoms with Crippen molar-refractivity contribution in [1.29, 1.82) is 0 Å². The van der Waals surface area contributed by atoms with Crippen LogP contribution in [0.1, 0.15) is 52.9 Å². The number of aliphatic hydroxyl groups is 1. The summed E-state index contributed by atoms with van der Waals surface area (Å²) in [5.41, 5.74) is -0.0611. The van der Waals surface area contributed by atoms with Gasteiger partial charge in [0.25, 0.3) is 0 Å². The van der Waals surface area contributed by atoms with Gasteiger partial charge in [-0.05, 0) is 24.7 Å². The summed E-state index contributed by atoms with van der Waals surface area (Å²) < 4.78 is 0. The van der Waals surface area contributed by atoms with E-state index in [1.807, 2.05) is 0 Å². The molecule has 0 bridgehead atoms. The lowest BCUT2D eigenvalue weighted by atomic mass is 9.75. The predicted octanol–water partition coefficient (Wildman–Crippen LogP) is 2.54. The van der Waals surface area contributed by atoms with E-state index in [1.54, 1.807) is 0 Å². The minimum atomic E-state index is -0.201. The highest BCUT2D eigenvalue weighted by atomic mass is 16.3. The zero-order chi connectivity index (χ0) is 10.8. The van der Waals surface area contributed by atoms with E-state index in [4.69, 9.17) is 5.11 Å². The highest BCUT2D eigenvalue weighted by Gasteiger charge is 2.48. The molecule has 14 heavy (non-hydrogen) atoms. The van der Waals surface area contributed by atoms with Crippen molar-refractivity contribution in [1.82, 2.24) is 0 Å². The van der Waals surface area contributed by atoms with E-state index in [0.29, 0.717) is 18.6 Å². The van der Waals surface area contributed by atoms with Crippen LogP contribution in [0.25, 0.3) is 0 Å². The topological polar surface area (TPSA) is 37.3 Å². The van der Waals surface area contributed by atoms with Crippen LogP contribution >= 0.6 is 0 Å². The summed E-state index contributed by atoms with van der Waals surface area (Å²) in [7, 11) is 0. The Labute approximate surface area is 86.7 Å². The first-order valence-electron chi connectivity index (χ1n) is 5.60. The van der Waals surface area contributed by atoms with Gasteiger partial charge in [-0.2, -0.15) is 0 Å². The van der Waals surface area contributed by atoms with E-state index in [1.165, 1.54) is 0 Å². The van der Waals surface area contributed by atoms with Crippen molar-refractivity contribution in [2.75, 3.05) is 6.61 Å². The molecule has 1 aliphatic carbocycles. The number of rotatable bonds is 4. The van der Waals surface area contributed by atoms with Gasteiger partial charge in [-0.1, -0.05) is 27.2 Å². The molecule has 1 N–H and O–H groups in total. The van der Waals surface area contributed by atoms with Gasteiger partial charge >= 0.3 is 0 Å². The van der Waals surface area contributed by atoms with Crippen molar-refractivity contribution in [3.8, 4) is 0 Å². The largest absolute Gasteiger partial charge is 0.396 e. The number of carbonyl (C=O) groups excluding carboxylic acids is 1. The maximum absolute atomic E-state index is 12.0. The van der Waals surface area contributed by atoms with Crippen LogP contribution in [-0.4, -0.2) is 17.5 Å². The summed E-state index contributed by atoms with van der Waals surface area (Å²) >= 11 is 0. The average Bonchev–Trinajstić information content (AvgIpc) is 2.23. The lowest BCUT2D eigenvalue weighted by Gasteiger charge is -2.28. The molecule has 1 atom stereocenters. The first-order chi connectivity index (χ1) is 6.46. The summed E-state index contributed by atoms with van der Waals surface area (Å²) in [5, 5.41) is 9.05. The number of hydrogen-bond donors (Lipinski definition) is 1. The van der Waals surface area contributed by atoms with Gasteiger partial charge in [0, 0.05) is 18.4 Å². The third kappa shape index (κ3) is 2.17. The molecule has 0 aromatic heterocycles. The van der Waals surface area contributed by atoms with Crippen LogP contribution in [-0.2, 0) is 4.79 Å². The van der Waals surface area contributed by atoms with Crippen LogP contribution in [0.4, 0.5) is 0 Å².